The first-order chi connectivity index (χ1) is 12.0. The van der Waals surface area contributed by atoms with Crippen LogP contribution >= 0.6 is 23.4 Å². The fraction of sp³-hybridized carbons (Fsp3) is 0.118. The second kappa shape index (κ2) is 7.67. The lowest BCUT2D eigenvalue weighted by atomic mass is 10.3. The second-order valence-electron chi connectivity index (χ2n) is 5.19. The average Bonchev–Trinajstić information content (AvgIpc) is 3.06. The van der Waals surface area contributed by atoms with Gasteiger partial charge in [-0.1, -0.05) is 41.6 Å². The Labute approximate surface area is 153 Å². The Kier molecular flexibility index (Phi) is 5.35. The minimum absolute atomic E-state index is 0.151. The first-order valence-corrected chi connectivity index (χ1v) is 8.68. The number of anilines is 1. The molecule has 0 aliphatic heterocycles. The summed E-state index contributed by atoms with van der Waals surface area (Å²) in [4.78, 5) is 12.4. The molecule has 1 atom stereocenters. The van der Waals surface area contributed by atoms with Gasteiger partial charge in [0, 0.05) is 5.69 Å². The highest BCUT2D eigenvalue weighted by Gasteiger charge is 2.19. The number of aromatic nitrogens is 3. The van der Waals surface area contributed by atoms with Crippen LogP contribution in [0.25, 0.3) is 5.69 Å². The molecule has 1 heterocycles. The molecule has 0 fully saturated rings. The Hall–Kier alpha value is -2.38. The Morgan fingerprint density at radius 1 is 1.28 bits per heavy atom. The summed E-state index contributed by atoms with van der Waals surface area (Å²) in [5.41, 5.74) is 1.27. The molecule has 0 saturated heterocycles. The lowest BCUT2D eigenvalue weighted by Crippen LogP contribution is -2.23. The van der Waals surface area contributed by atoms with Crippen molar-refractivity contribution in [2.75, 3.05) is 5.32 Å². The molecule has 0 saturated carbocycles. The van der Waals surface area contributed by atoms with Gasteiger partial charge in [0.2, 0.25) is 5.91 Å². The summed E-state index contributed by atoms with van der Waals surface area (Å²) in [7, 11) is 0. The van der Waals surface area contributed by atoms with E-state index in [9.17, 15) is 9.18 Å². The predicted molar refractivity (Wildman–Crippen MR) is 96.7 cm³/mol. The Morgan fingerprint density at radius 2 is 2.04 bits per heavy atom. The van der Waals surface area contributed by atoms with Gasteiger partial charge in [-0.05, 0) is 37.3 Å². The maximum atomic E-state index is 13.1. The molecule has 1 aromatic heterocycles. The molecule has 5 nitrogen and oxygen atoms in total. The minimum Gasteiger partial charge on any atom is -0.324 e. The van der Waals surface area contributed by atoms with E-state index in [4.69, 9.17) is 11.6 Å². The van der Waals surface area contributed by atoms with Crippen LogP contribution in [0.15, 0.2) is 60.0 Å². The van der Waals surface area contributed by atoms with E-state index in [1.807, 2.05) is 30.3 Å². The van der Waals surface area contributed by atoms with Crippen LogP contribution in [-0.4, -0.2) is 25.9 Å². The van der Waals surface area contributed by atoms with E-state index in [1.165, 1.54) is 23.9 Å². The van der Waals surface area contributed by atoms with Crippen LogP contribution in [0.3, 0.4) is 0 Å². The Bertz CT molecular complexity index is 887. The molecule has 0 aliphatic carbocycles. The first kappa shape index (κ1) is 17.4. The molecule has 8 heteroatoms. The van der Waals surface area contributed by atoms with Crippen molar-refractivity contribution in [3.8, 4) is 5.69 Å². The minimum atomic E-state index is -0.457. The molecule has 2 aromatic carbocycles. The van der Waals surface area contributed by atoms with Crippen molar-refractivity contribution in [3.63, 3.8) is 0 Å². The van der Waals surface area contributed by atoms with Crippen LogP contribution in [0.5, 0.6) is 0 Å². The third-order valence-electron chi connectivity index (χ3n) is 3.39. The lowest BCUT2D eigenvalue weighted by Gasteiger charge is -2.13. The molecule has 3 rings (SSSR count). The number of hydrogen-bond donors (Lipinski definition) is 1. The van der Waals surface area contributed by atoms with Crippen LogP contribution in [-0.2, 0) is 4.79 Å². The second-order valence-corrected chi connectivity index (χ2v) is 6.91. The number of nitrogens with one attached hydrogen (secondary N) is 1. The molecular weight excluding hydrogens is 363 g/mol. The van der Waals surface area contributed by atoms with Gasteiger partial charge in [-0.3, -0.25) is 9.36 Å². The van der Waals surface area contributed by atoms with E-state index in [0.717, 1.165) is 11.8 Å². The van der Waals surface area contributed by atoms with Crippen LogP contribution in [0.1, 0.15) is 6.92 Å². The number of nitrogens with zero attached hydrogens (tertiary/aromatic N) is 3. The zero-order valence-electron chi connectivity index (χ0n) is 13.2. The van der Waals surface area contributed by atoms with Crippen LogP contribution in [0.2, 0.25) is 5.02 Å². The third kappa shape index (κ3) is 4.18. The third-order valence-corrected chi connectivity index (χ3v) is 4.76. The van der Waals surface area contributed by atoms with Gasteiger partial charge in [0.25, 0.3) is 0 Å². The summed E-state index contributed by atoms with van der Waals surface area (Å²) in [6.07, 6.45) is 1.60. The van der Waals surface area contributed by atoms with Crippen LogP contribution in [0.4, 0.5) is 10.1 Å². The number of para-hydroxylation sites is 1. The Morgan fingerprint density at radius 3 is 2.76 bits per heavy atom. The number of thioether (sulfide) groups is 1. The topological polar surface area (TPSA) is 59.8 Å². The number of hydrogen-bond acceptors (Lipinski definition) is 4. The zero-order chi connectivity index (χ0) is 17.8. The van der Waals surface area contributed by atoms with Crippen molar-refractivity contribution in [1.29, 1.82) is 0 Å². The zero-order valence-corrected chi connectivity index (χ0v) is 14.8. The molecule has 25 heavy (non-hydrogen) atoms. The summed E-state index contributed by atoms with van der Waals surface area (Å²) >= 11 is 7.21. The Balaban J connectivity index is 1.71. The normalized spacial score (nSPS) is 12.0. The highest BCUT2D eigenvalue weighted by Crippen LogP contribution is 2.27. The van der Waals surface area contributed by atoms with Crippen molar-refractivity contribution in [3.05, 3.63) is 65.7 Å². The standard InChI is InChI=1S/C17H14ClFN4OS/c1-11(16(24)21-15-8-7-12(19)9-14(15)18)25-17-22-20-10-23(17)13-5-3-2-4-6-13/h2-11H,1H3,(H,21,24)/t11-/m1/s1. The van der Waals surface area contributed by atoms with Gasteiger partial charge in [-0.25, -0.2) is 4.39 Å². The van der Waals surface area contributed by atoms with E-state index >= 15 is 0 Å². The first-order valence-electron chi connectivity index (χ1n) is 7.42. The molecule has 0 radical (unpaired) electrons. The van der Waals surface area contributed by atoms with Gasteiger partial charge in [0.05, 0.1) is 16.0 Å². The van der Waals surface area contributed by atoms with Gasteiger partial charge in [-0.15, -0.1) is 10.2 Å². The summed E-state index contributed by atoms with van der Waals surface area (Å²) in [5, 5.41) is 11.0. The van der Waals surface area contributed by atoms with Crippen molar-refractivity contribution in [2.45, 2.75) is 17.3 Å². The van der Waals surface area contributed by atoms with Crippen molar-refractivity contribution in [2.24, 2.45) is 0 Å². The summed E-state index contributed by atoms with van der Waals surface area (Å²) in [5.74, 6) is -0.720. The van der Waals surface area contributed by atoms with E-state index in [2.05, 4.69) is 15.5 Å². The molecule has 3 aromatic rings. The predicted octanol–water partition coefficient (Wildman–Crippen LogP) is 4.18. The van der Waals surface area contributed by atoms with E-state index in [-0.39, 0.29) is 10.9 Å². The number of halogens is 2. The smallest absolute Gasteiger partial charge is 0.237 e. The van der Waals surface area contributed by atoms with E-state index in [0.29, 0.717) is 10.8 Å². The van der Waals surface area contributed by atoms with Crippen LogP contribution in [0, 0.1) is 5.82 Å². The van der Waals surface area contributed by atoms with Gasteiger partial charge in [0.1, 0.15) is 12.1 Å². The molecule has 0 aliphatic rings. The number of carbonyl (C=O) groups excluding carboxylic acids is 1. The van der Waals surface area contributed by atoms with Crippen molar-refractivity contribution < 1.29 is 9.18 Å². The lowest BCUT2D eigenvalue weighted by molar-refractivity contribution is -0.115. The van der Waals surface area contributed by atoms with Gasteiger partial charge >= 0.3 is 0 Å². The maximum absolute atomic E-state index is 13.1. The summed E-state index contributed by atoms with van der Waals surface area (Å²) < 4.78 is 14.9. The largest absolute Gasteiger partial charge is 0.324 e. The quantitative estimate of drug-likeness (QED) is 0.678. The van der Waals surface area contributed by atoms with Crippen molar-refractivity contribution >= 4 is 35.0 Å². The molecule has 128 valence electrons. The number of amides is 1. The maximum Gasteiger partial charge on any atom is 0.237 e. The molecule has 1 N–H and O–H groups in total. The fourth-order valence-corrected chi connectivity index (χ4v) is 3.16. The highest BCUT2D eigenvalue weighted by atomic mass is 35.5. The SMILES string of the molecule is C[C@@H](Sc1nncn1-c1ccccc1)C(=O)Nc1ccc(F)cc1Cl. The molecule has 1 amide bonds. The molecule has 0 unspecified atom stereocenters. The number of carbonyl (C=O) groups is 1. The van der Waals surface area contributed by atoms with E-state index < -0.39 is 11.1 Å². The average molecular weight is 377 g/mol. The van der Waals surface area contributed by atoms with Gasteiger partial charge < -0.3 is 5.32 Å². The number of benzene rings is 2. The molecule has 0 spiro atoms. The van der Waals surface area contributed by atoms with Gasteiger partial charge in [-0.2, -0.15) is 0 Å². The fourth-order valence-electron chi connectivity index (χ4n) is 2.11. The summed E-state index contributed by atoms with van der Waals surface area (Å²) in [6, 6.07) is 13.4. The highest BCUT2D eigenvalue weighted by molar-refractivity contribution is 8.00. The van der Waals surface area contributed by atoms with Crippen molar-refractivity contribution in [1.82, 2.24) is 14.8 Å². The number of rotatable bonds is 5. The van der Waals surface area contributed by atoms with Gasteiger partial charge in [0.15, 0.2) is 5.16 Å². The molecular formula is C17H14ClFN4OS. The monoisotopic (exact) mass is 376 g/mol. The molecule has 0 bridgehead atoms. The van der Waals surface area contributed by atoms with Crippen LogP contribution < -0.4 is 5.32 Å². The van der Waals surface area contributed by atoms with E-state index in [1.54, 1.807) is 17.8 Å². The summed E-state index contributed by atoms with van der Waals surface area (Å²) in [6.45, 7) is 1.75.